The van der Waals surface area contributed by atoms with E-state index >= 15 is 0 Å². The first-order chi connectivity index (χ1) is 9.99. The SMILES string of the molecule is Nc1ncc(S(=O)(=O)NCCCN2CCOCC2)cc1Cl. The summed E-state index contributed by atoms with van der Waals surface area (Å²) in [6, 6.07) is 1.30. The third kappa shape index (κ3) is 4.79. The topological polar surface area (TPSA) is 97.5 Å². The van der Waals surface area contributed by atoms with E-state index in [4.69, 9.17) is 22.1 Å². The molecule has 7 nitrogen and oxygen atoms in total. The zero-order valence-electron chi connectivity index (χ0n) is 11.6. The fraction of sp³-hybridized carbons (Fsp3) is 0.583. The number of hydrogen-bond acceptors (Lipinski definition) is 6. The van der Waals surface area contributed by atoms with Crippen molar-refractivity contribution < 1.29 is 13.2 Å². The summed E-state index contributed by atoms with van der Waals surface area (Å²) in [5, 5.41) is 0.131. The minimum absolute atomic E-state index is 0.0214. The van der Waals surface area contributed by atoms with Crippen molar-refractivity contribution >= 4 is 27.4 Å². The first kappa shape index (κ1) is 16.4. The highest BCUT2D eigenvalue weighted by Crippen LogP contribution is 2.19. The number of ether oxygens (including phenoxy) is 1. The molecular weight excluding hydrogens is 316 g/mol. The van der Waals surface area contributed by atoms with E-state index in [-0.39, 0.29) is 15.7 Å². The van der Waals surface area contributed by atoms with Gasteiger partial charge in [-0.15, -0.1) is 0 Å². The van der Waals surface area contributed by atoms with Gasteiger partial charge in [0.05, 0.1) is 18.2 Å². The second kappa shape index (κ2) is 7.37. The molecule has 118 valence electrons. The summed E-state index contributed by atoms with van der Waals surface area (Å²) < 4.78 is 31.9. The third-order valence-corrected chi connectivity index (χ3v) is 4.93. The van der Waals surface area contributed by atoms with Crippen molar-refractivity contribution in [3.8, 4) is 0 Å². The first-order valence-corrected chi connectivity index (χ1v) is 8.56. The molecule has 2 heterocycles. The average molecular weight is 335 g/mol. The number of halogens is 1. The number of pyridine rings is 1. The number of nitrogen functional groups attached to an aromatic ring is 1. The number of morpholine rings is 1. The lowest BCUT2D eigenvalue weighted by molar-refractivity contribution is 0.0376. The molecule has 0 radical (unpaired) electrons. The van der Waals surface area contributed by atoms with Gasteiger partial charge in [-0.2, -0.15) is 0 Å². The van der Waals surface area contributed by atoms with Crippen molar-refractivity contribution in [1.29, 1.82) is 0 Å². The Morgan fingerprint density at radius 1 is 1.43 bits per heavy atom. The van der Waals surface area contributed by atoms with Crippen LogP contribution in [0.1, 0.15) is 6.42 Å². The van der Waals surface area contributed by atoms with Crippen LogP contribution in [0.25, 0.3) is 0 Å². The van der Waals surface area contributed by atoms with Gasteiger partial charge in [-0.05, 0) is 19.0 Å². The second-order valence-electron chi connectivity index (χ2n) is 4.74. The Kier molecular flexibility index (Phi) is 5.77. The summed E-state index contributed by atoms with van der Waals surface area (Å²) in [6.07, 6.45) is 1.93. The van der Waals surface area contributed by atoms with Crippen LogP contribution in [0.15, 0.2) is 17.2 Å². The lowest BCUT2D eigenvalue weighted by Crippen LogP contribution is -2.38. The number of hydrogen-bond donors (Lipinski definition) is 2. The average Bonchev–Trinajstić information content (AvgIpc) is 2.47. The molecule has 1 aliphatic rings. The summed E-state index contributed by atoms with van der Waals surface area (Å²) in [5.41, 5.74) is 5.46. The molecule has 0 atom stereocenters. The molecule has 0 saturated carbocycles. The largest absolute Gasteiger partial charge is 0.382 e. The highest BCUT2D eigenvalue weighted by Gasteiger charge is 2.16. The van der Waals surface area contributed by atoms with Crippen molar-refractivity contribution in [2.75, 3.05) is 45.1 Å². The van der Waals surface area contributed by atoms with Crippen LogP contribution in [0.4, 0.5) is 5.82 Å². The molecule has 1 aliphatic heterocycles. The lowest BCUT2D eigenvalue weighted by atomic mass is 10.3. The molecule has 0 aromatic carbocycles. The Morgan fingerprint density at radius 2 is 2.14 bits per heavy atom. The van der Waals surface area contributed by atoms with Crippen LogP contribution in [0, 0.1) is 0 Å². The lowest BCUT2D eigenvalue weighted by Gasteiger charge is -2.26. The van der Waals surface area contributed by atoms with Gasteiger partial charge in [0.15, 0.2) is 0 Å². The Hall–Kier alpha value is -0.930. The zero-order valence-corrected chi connectivity index (χ0v) is 13.2. The van der Waals surface area contributed by atoms with Crippen molar-refractivity contribution in [3.05, 3.63) is 17.3 Å². The predicted molar refractivity (Wildman–Crippen MR) is 80.7 cm³/mol. The number of sulfonamides is 1. The van der Waals surface area contributed by atoms with Gasteiger partial charge < -0.3 is 10.5 Å². The van der Waals surface area contributed by atoms with Crippen LogP contribution < -0.4 is 10.5 Å². The van der Waals surface area contributed by atoms with Crippen molar-refractivity contribution in [2.24, 2.45) is 0 Å². The molecular formula is C12H19ClN4O3S. The molecule has 0 bridgehead atoms. The number of nitrogens with zero attached hydrogens (tertiary/aromatic N) is 2. The smallest absolute Gasteiger partial charge is 0.242 e. The maximum Gasteiger partial charge on any atom is 0.242 e. The monoisotopic (exact) mass is 334 g/mol. The number of nitrogens with two attached hydrogens (primary N) is 1. The summed E-state index contributed by atoms with van der Waals surface area (Å²) in [7, 11) is -3.60. The molecule has 3 N–H and O–H groups in total. The van der Waals surface area contributed by atoms with E-state index in [1.807, 2.05) is 0 Å². The van der Waals surface area contributed by atoms with E-state index < -0.39 is 10.0 Å². The van der Waals surface area contributed by atoms with Gasteiger partial charge in [0.25, 0.3) is 0 Å². The minimum atomic E-state index is -3.60. The maximum absolute atomic E-state index is 12.1. The maximum atomic E-state index is 12.1. The molecule has 2 rings (SSSR count). The number of rotatable bonds is 6. The van der Waals surface area contributed by atoms with Gasteiger partial charge in [0, 0.05) is 25.8 Å². The summed E-state index contributed by atoms with van der Waals surface area (Å²) in [6.45, 7) is 4.46. The van der Waals surface area contributed by atoms with Crippen LogP contribution in [-0.4, -0.2) is 57.7 Å². The highest BCUT2D eigenvalue weighted by molar-refractivity contribution is 7.89. The number of nitrogens with one attached hydrogen (secondary N) is 1. The van der Waals surface area contributed by atoms with E-state index in [2.05, 4.69) is 14.6 Å². The Bertz CT molecular complexity index is 576. The Morgan fingerprint density at radius 3 is 2.81 bits per heavy atom. The molecule has 0 aliphatic carbocycles. The molecule has 1 saturated heterocycles. The van der Waals surface area contributed by atoms with Crippen LogP contribution >= 0.6 is 11.6 Å². The molecule has 0 amide bonds. The molecule has 0 unspecified atom stereocenters. The van der Waals surface area contributed by atoms with Crippen LogP contribution in [0.5, 0.6) is 0 Å². The van der Waals surface area contributed by atoms with E-state index in [1.165, 1.54) is 12.3 Å². The van der Waals surface area contributed by atoms with E-state index in [0.29, 0.717) is 6.54 Å². The van der Waals surface area contributed by atoms with Gasteiger partial charge in [0.2, 0.25) is 10.0 Å². The Labute approximate surface area is 129 Å². The van der Waals surface area contributed by atoms with Crippen LogP contribution in [0.2, 0.25) is 5.02 Å². The first-order valence-electron chi connectivity index (χ1n) is 6.70. The molecule has 0 spiro atoms. The van der Waals surface area contributed by atoms with Gasteiger partial charge in [-0.3, -0.25) is 4.90 Å². The predicted octanol–water partition coefficient (Wildman–Crippen LogP) is 0.318. The second-order valence-corrected chi connectivity index (χ2v) is 6.92. The summed E-state index contributed by atoms with van der Waals surface area (Å²) in [5.74, 6) is 0.114. The number of anilines is 1. The molecule has 1 aromatic heterocycles. The van der Waals surface area contributed by atoms with Gasteiger partial charge in [0.1, 0.15) is 10.7 Å². The normalized spacial score (nSPS) is 17.0. The van der Waals surface area contributed by atoms with Gasteiger partial charge in [-0.25, -0.2) is 18.1 Å². The molecule has 1 aromatic rings. The standard InChI is InChI=1S/C12H19ClN4O3S/c13-11-8-10(9-15-12(11)14)21(18,19)16-2-1-3-17-4-6-20-7-5-17/h8-9,16H,1-7H2,(H2,14,15). The summed E-state index contributed by atoms with van der Waals surface area (Å²) >= 11 is 5.78. The quantitative estimate of drug-likeness (QED) is 0.727. The summed E-state index contributed by atoms with van der Waals surface area (Å²) in [4.78, 5) is 6.02. The number of aromatic nitrogens is 1. The van der Waals surface area contributed by atoms with E-state index in [0.717, 1.165) is 39.3 Å². The van der Waals surface area contributed by atoms with E-state index in [9.17, 15) is 8.42 Å². The Balaban J connectivity index is 1.82. The zero-order chi connectivity index (χ0) is 15.3. The third-order valence-electron chi connectivity index (χ3n) is 3.20. The van der Waals surface area contributed by atoms with Crippen molar-refractivity contribution in [2.45, 2.75) is 11.3 Å². The minimum Gasteiger partial charge on any atom is -0.382 e. The van der Waals surface area contributed by atoms with Crippen LogP contribution in [0.3, 0.4) is 0 Å². The van der Waals surface area contributed by atoms with E-state index in [1.54, 1.807) is 0 Å². The fourth-order valence-electron chi connectivity index (χ4n) is 2.00. The van der Waals surface area contributed by atoms with Gasteiger partial charge in [-0.1, -0.05) is 11.6 Å². The molecule has 9 heteroatoms. The van der Waals surface area contributed by atoms with Crippen LogP contribution in [-0.2, 0) is 14.8 Å². The highest BCUT2D eigenvalue weighted by atomic mass is 35.5. The van der Waals surface area contributed by atoms with Gasteiger partial charge >= 0.3 is 0 Å². The van der Waals surface area contributed by atoms with Crippen molar-refractivity contribution in [1.82, 2.24) is 14.6 Å². The van der Waals surface area contributed by atoms with Crippen molar-refractivity contribution in [3.63, 3.8) is 0 Å². The fourth-order valence-corrected chi connectivity index (χ4v) is 3.27. The molecule has 1 fully saturated rings. The molecule has 21 heavy (non-hydrogen) atoms.